The zero-order valence-corrected chi connectivity index (χ0v) is 12.1. The Morgan fingerprint density at radius 1 is 1.16 bits per heavy atom. The first-order valence-corrected chi connectivity index (χ1v) is 6.04. The summed E-state index contributed by atoms with van der Waals surface area (Å²) in [7, 11) is 6.55. The fraction of sp³-hybridized carbons (Fsp3) is 0.500. The Morgan fingerprint density at radius 2 is 1.68 bits per heavy atom. The average molecular weight is 267 g/mol. The van der Waals surface area contributed by atoms with Crippen LogP contribution in [0.25, 0.3) is 0 Å². The second-order valence-electron chi connectivity index (χ2n) is 4.19. The molecule has 1 N–H and O–H groups in total. The van der Waals surface area contributed by atoms with Gasteiger partial charge in [0.1, 0.15) is 23.0 Å². The molecule has 0 heterocycles. The van der Waals surface area contributed by atoms with Crippen molar-refractivity contribution in [1.29, 1.82) is 0 Å². The quantitative estimate of drug-likeness (QED) is 0.818. The number of hydrogen-bond donors (Lipinski definition) is 1. The van der Waals surface area contributed by atoms with Gasteiger partial charge in [0.2, 0.25) is 0 Å². The Balaban J connectivity index is 3.32. The highest BCUT2D eigenvalue weighted by molar-refractivity contribution is 5.76. The predicted molar refractivity (Wildman–Crippen MR) is 73.2 cm³/mol. The fourth-order valence-electron chi connectivity index (χ4n) is 2.01. The fourth-order valence-corrected chi connectivity index (χ4v) is 2.01. The van der Waals surface area contributed by atoms with Gasteiger partial charge in [-0.1, -0.05) is 0 Å². The molecule has 1 aromatic carbocycles. The Morgan fingerprint density at radius 3 is 2.00 bits per heavy atom. The molecule has 0 radical (unpaired) electrons. The molecule has 0 fully saturated rings. The molecule has 0 spiro atoms. The van der Waals surface area contributed by atoms with E-state index < -0.39 is 0 Å². The molecule has 1 unspecified atom stereocenters. The number of nitrogens with one attached hydrogen (secondary N) is 1. The molecule has 1 rings (SSSR count). The van der Waals surface area contributed by atoms with Gasteiger partial charge in [0.05, 0.1) is 26.9 Å². The highest BCUT2D eigenvalue weighted by Crippen LogP contribution is 2.39. The van der Waals surface area contributed by atoms with E-state index in [1.54, 1.807) is 47.4 Å². The molecule has 0 saturated carbocycles. The monoisotopic (exact) mass is 267 g/mol. The van der Waals surface area contributed by atoms with Crippen molar-refractivity contribution in [3.8, 4) is 17.2 Å². The van der Waals surface area contributed by atoms with E-state index in [1.807, 2.05) is 0 Å². The summed E-state index contributed by atoms with van der Waals surface area (Å²) < 4.78 is 16.0. The maximum Gasteiger partial charge on any atom is 0.131 e. The number of ether oxygens (including phenoxy) is 3. The normalized spacial score (nSPS) is 11.8. The Labute approximate surface area is 113 Å². The summed E-state index contributed by atoms with van der Waals surface area (Å²) in [6.45, 7) is 1.56. The molecule has 0 amide bonds. The second-order valence-corrected chi connectivity index (χ2v) is 4.19. The van der Waals surface area contributed by atoms with E-state index in [9.17, 15) is 4.79 Å². The summed E-state index contributed by atoms with van der Waals surface area (Å²) in [6.07, 6.45) is 0.371. The van der Waals surface area contributed by atoms with Crippen LogP contribution in [0, 0.1) is 0 Å². The van der Waals surface area contributed by atoms with Crippen LogP contribution in [0.2, 0.25) is 0 Å². The lowest BCUT2D eigenvalue weighted by Gasteiger charge is -2.21. The third kappa shape index (κ3) is 3.61. The van der Waals surface area contributed by atoms with Crippen LogP contribution in [0.15, 0.2) is 12.1 Å². The summed E-state index contributed by atoms with van der Waals surface area (Å²) >= 11 is 0. The molecule has 5 nitrogen and oxygen atoms in total. The molecule has 1 aromatic rings. The first-order valence-electron chi connectivity index (χ1n) is 6.04. The lowest BCUT2D eigenvalue weighted by Crippen LogP contribution is -2.20. The van der Waals surface area contributed by atoms with Crippen LogP contribution in [0.4, 0.5) is 0 Å². The number of methoxy groups -OCH3 is 3. The van der Waals surface area contributed by atoms with Crippen LogP contribution in [-0.4, -0.2) is 34.2 Å². The van der Waals surface area contributed by atoms with Crippen molar-refractivity contribution in [2.45, 2.75) is 19.4 Å². The molecular formula is C14H21NO4. The van der Waals surface area contributed by atoms with E-state index in [0.29, 0.717) is 23.7 Å². The van der Waals surface area contributed by atoms with E-state index in [4.69, 9.17) is 14.2 Å². The zero-order valence-electron chi connectivity index (χ0n) is 12.1. The molecule has 0 bridgehead atoms. The van der Waals surface area contributed by atoms with Crippen LogP contribution >= 0.6 is 0 Å². The molecule has 0 aliphatic carbocycles. The highest BCUT2D eigenvalue weighted by atomic mass is 16.5. The van der Waals surface area contributed by atoms with Crippen molar-refractivity contribution in [2.75, 3.05) is 28.4 Å². The van der Waals surface area contributed by atoms with Crippen molar-refractivity contribution >= 4 is 5.78 Å². The Kier molecular flexibility index (Phi) is 5.63. The second kappa shape index (κ2) is 6.99. The highest BCUT2D eigenvalue weighted by Gasteiger charge is 2.22. The summed E-state index contributed by atoms with van der Waals surface area (Å²) in [5, 5.41) is 3.11. The SMILES string of the molecule is CNC(CC(C)=O)c1c(OC)cc(OC)cc1OC. The van der Waals surface area contributed by atoms with Crippen molar-refractivity contribution in [1.82, 2.24) is 5.32 Å². The number of benzene rings is 1. The van der Waals surface area contributed by atoms with E-state index in [-0.39, 0.29) is 11.8 Å². The summed E-state index contributed by atoms with van der Waals surface area (Å²) in [5.41, 5.74) is 0.823. The minimum absolute atomic E-state index is 0.0966. The Bertz CT molecular complexity index is 420. The average Bonchev–Trinajstić information content (AvgIpc) is 2.42. The number of ketones is 1. The summed E-state index contributed by atoms with van der Waals surface area (Å²) in [5.74, 6) is 2.02. The predicted octanol–water partition coefficient (Wildman–Crippen LogP) is 1.95. The molecule has 106 valence electrons. The van der Waals surface area contributed by atoms with Crippen molar-refractivity contribution < 1.29 is 19.0 Å². The maximum absolute atomic E-state index is 11.4. The number of carbonyl (C=O) groups is 1. The van der Waals surface area contributed by atoms with E-state index in [1.165, 1.54) is 0 Å². The van der Waals surface area contributed by atoms with Gasteiger partial charge in [0, 0.05) is 24.6 Å². The van der Waals surface area contributed by atoms with Gasteiger partial charge in [0.25, 0.3) is 0 Å². The third-order valence-corrected chi connectivity index (χ3v) is 2.94. The number of carbonyl (C=O) groups excluding carboxylic acids is 1. The smallest absolute Gasteiger partial charge is 0.131 e. The molecule has 0 aliphatic heterocycles. The van der Waals surface area contributed by atoms with Crippen molar-refractivity contribution in [3.63, 3.8) is 0 Å². The number of hydrogen-bond acceptors (Lipinski definition) is 5. The minimum atomic E-state index is -0.159. The topological polar surface area (TPSA) is 56.8 Å². The largest absolute Gasteiger partial charge is 0.496 e. The molecule has 0 aliphatic rings. The van der Waals surface area contributed by atoms with E-state index >= 15 is 0 Å². The molecule has 0 saturated heterocycles. The van der Waals surface area contributed by atoms with Crippen LogP contribution in [-0.2, 0) is 4.79 Å². The van der Waals surface area contributed by atoms with Gasteiger partial charge in [-0.2, -0.15) is 0 Å². The van der Waals surface area contributed by atoms with Crippen LogP contribution in [0.5, 0.6) is 17.2 Å². The summed E-state index contributed by atoms with van der Waals surface area (Å²) in [4.78, 5) is 11.4. The van der Waals surface area contributed by atoms with Crippen LogP contribution in [0.1, 0.15) is 24.9 Å². The third-order valence-electron chi connectivity index (χ3n) is 2.94. The molecular weight excluding hydrogens is 246 g/mol. The van der Waals surface area contributed by atoms with Crippen LogP contribution < -0.4 is 19.5 Å². The van der Waals surface area contributed by atoms with Gasteiger partial charge in [-0.3, -0.25) is 4.79 Å². The van der Waals surface area contributed by atoms with Gasteiger partial charge in [-0.25, -0.2) is 0 Å². The van der Waals surface area contributed by atoms with Crippen molar-refractivity contribution in [2.24, 2.45) is 0 Å². The van der Waals surface area contributed by atoms with Crippen LogP contribution in [0.3, 0.4) is 0 Å². The lowest BCUT2D eigenvalue weighted by molar-refractivity contribution is -0.117. The minimum Gasteiger partial charge on any atom is -0.496 e. The molecule has 19 heavy (non-hydrogen) atoms. The van der Waals surface area contributed by atoms with E-state index in [2.05, 4.69) is 5.32 Å². The first kappa shape index (κ1) is 15.3. The van der Waals surface area contributed by atoms with Gasteiger partial charge in [-0.05, 0) is 14.0 Å². The molecule has 5 heteroatoms. The standard InChI is InChI=1S/C14H21NO4/c1-9(16)6-11(15-2)14-12(18-4)7-10(17-3)8-13(14)19-5/h7-8,11,15H,6H2,1-5H3. The molecule has 1 atom stereocenters. The van der Waals surface area contributed by atoms with Gasteiger partial charge >= 0.3 is 0 Å². The van der Waals surface area contributed by atoms with Gasteiger partial charge < -0.3 is 19.5 Å². The van der Waals surface area contributed by atoms with E-state index in [0.717, 1.165) is 5.56 Å². The number of rotatable bonds is 7. The number of Topliss-reactive ketones (excluding diaryl/α,β-unsaturated/α-hetero) is 1. The molecule has 0 aromatic heterocycles. The first-order chi connectivity index (χ1) is 9.07. The van der Waals surface area contributed by atoms with Gasteiger partial charge in [0.15, 0.2) is 0 Å². The lowest BCUT2D eigenvalue weighted by atomic mass is 9.99. The van der Waals surface area contributed by atoms with Gasteiger partial charge in [-0.15, -0.1) is 0 Å². The summed E-state index contributed by atoms with van der Waals surface area (Å²) in [6, 6.07) is 3.40. The Hall–Kier alpha value is -1.75. The zero-order chi connectivity index (χ0) is 14.4. The van der Waals surface area contributed by atoms with Crippen molar-refractivity contribution in [3.05, 3.63) is 17.7 Å². The maximum atomic E-state index is 11.4.